The third-order valence-electron chi connectivity index (χ3n) is 4.88. The van der Waals surface area contributed by atoms with Crippen molar-refractivity contribution in [2.24, 2.45) is 5.41 Å². The number of sulfonamides is 1. The maximum absolute atomic E-state index is 12.8. The first-order valence-corrected chi connectivity index (χ1v) is 10.1. The Morgan fingerprint density at radius 3 is 2.40 bits per heavy atom. The normalized spacial score (nSPS) is 16.6. The Morgan fingerprint density at radius 2 is 1.88 bits per heavy atom. The highest BCUT2D eigenvalue weighted by atomic mass is 32.2. The second-order valence-electron chi connectivity index (χ2n) is 6.42. The van der Waals surface area contributed by atoms with Gasteiger partial charge in [0.2, 0.25) is 15.9 Å². The van der Waals surface area contributed by atoms with Crippen molar-refractivity contribution in [3.05, 3.63) is 23.8 Å². The minimum Gasteiger partial charge on any atom is -0.325 e. The van der Waals surface area contributed by atoms with E-state index in [0.717, 1.165) is 12.8 Å². The topological polar surface area (TPSA) is 90.3 Å². The van der Waals surface area contributed by atoms with Gasteiger partial charge in [0.15, 0.2) is 0 Å². The molecular formula is C18H25N3O3S. The fourth-order valence-electron chi connectivity index (χ4n) is 3.28. The fraction of sp³-hybridized carbons (Fsp3) is 0.556. The van der Waals surface area contributed by atoms with Crippen LogP contribution >= 0.6 is 0 Å². The molecule has 0 spiro atoms. The smallest absolute Gasteiger partial charge is 0.244 e. The summed E-state index contributed by atoms with van der Waals surface area (Å²) in [6, 6.07) is 6.99. The van der Waals surface area contributed by atoms with E-state index in [0.29, 0.717) is 37.2 Å². The molecule has 2 rings (SSSR count). The number of amides is 1. The van der Waals surface area contributed by atoms with Gasteiger partial charge in [0, 0.05) is 18.8 Å². The molecule has 0 bridgehead atoms. The van der Waals surface area contributed by atoms with Crippen molar-refractivity contribution in [3.8, 4) is 6.07 Å². The first kappa shape index (κ1) is 19.4. The van der Waals surface area contributed by atoms with Gasteiger partial charge in [-0.2, -0.15) is 9.57 Å². The van der Waals surface area contributed by atoms with E-state index in [1.54, 1.807) is 32.9 Å². The lowest BCUT2D eigenvalue weighted by molar-refractivity contribution is -0.122. The number of benzene rings is 1. The van der Waals surface area contributed by atoms with Crippen molar-refractivity contribution in [1.29, 1.82) is 5.26 Å². The van der Waals surface area contributed by atoms with E-state index in [1.807, 2.05) is 0 Å². The average molecular weight is 363 g/mol. The van der Waals surface area contributed by atoms with Crippen molar-refractivity contribution in [2.75, 3.05) is 18.4 Å². The molecule has 1 aromatic carbocycles. The summed E-state index contributed by atoms with van der Waals surface area (Å²) in [6.45, 7) is 6.08. The third-order valence-corrected chi connectivity index (χ3v) is 7.07. The zero-order valence-corrected chi connectivity index (χ0v) is 15.8. The summed E-state index contributed by atoms with van der Waals surface area (Å²) in [6.07, 6.45) is 2.81. The number of hydrogen-bond donors (Lipinski definition) is 1. The van der Waals surface area contributed by atoms with Gasteiger partial charge in [-0.15, -0.1) is 0 Å². The second kappa shape index (κ2) is 7.54. The van der Waals surface area contributed by atoms with Gasteiger partial charge in [-0.05, 0) is 37.5 Å². The Hall–Kier alpha value is -1.91. The molecule has 1 N–H and O–H groups in total. The third kappa shape index (κ3) is 3.70. The van der Waals surface area contributed by atoms with Gasteiger partial charge in [0.25, 0.3) is 0 Å². The summed E-state index contributed by atoms with van der Waals surface area (Å²) < 4.78 is 27.0. The summed E-state index contributed by atoms with van der Waals surface area (Å²) in [5.74, 6) is -0.345. The summed E-state index contributed by atoms with van der Waals surface area (Å²) in [5, 5.41) is 12.2. The molecule has 1 amide bonds. The number of aryl methyl sites for hydroxylation is 1. The molecule has 7 heteroatoms. The number of carbonyl (C=O) groups is 1. The van der Waals surface area contributed by atoms with Crippen LogP contribution in [0.2, 0.25) is 0 Å². The van der Waals surface area contributed by atoms with Crippen molar-refractivity contribution >= 4 is 21.6 Å². The summed E-state index contributed by atoms with van der Waals surface area (Å²) in [5.41, 5.74) is 0.0339. The van der Waals surface area contributed by atoms with Crippen molar-refractivity contribution in [2.45, 2.75) is 51.3 Å². The van der Waals surface area contributed by atoms with Crippen molar-refractivity contribution in [1.82, 2.24) is 4.31 Å². The molecule has 1 aromatic rings. The van der Waals surface area contributed by atoms with Crippen LogP contribution in [0.25, 0.3) is 0 Å². The van der Waals surface area contributed by atoms with E-state index < -0.39 is 15.4 Å². The molecule has 0 saturated heterocycles. The van der Waals surface area contributed by atoms with E-state index in [4.69, 9.17) is 0 Å². The molecule has 25 heavy (non-hydrogen) atoms. The molecule has 6 nitrogen and oxygen atoms in total. The number of hydrogen-bond acceptors (Lipinski definition) is 4. The highest BCUT2D eigenvalue weighted by Gasteiger charge is 2.41. The molecule has 0 radical (unpaired) electrons. The molecule has 136 valence electrons. The number of nitrogens with zero attached hydrogens (tertiary/aromatic N) is 2. The molecule has 0 unspecified atom stereocenters. The minimum atomic E-state index is -3.61. The molecular weight excluding hydrogens is 338 g/mol. The Balaban J connectivity index is 2.34. The number of nitriles is 1. The minimum absolute atomic E-state index is 0.187. The van der Waals surface area contributed by atoms with Crippen LogP contribution in [0.5, 0.6) is 0 Å². The SMILES string of the molecule is CCN(CC)S(=O)(=O)c1cc(NC(=O)C2(C#N)CCCC2)ccc1C. The van der Waals surface area contributed by atoms with Crippen LogP contribution in [0, 0.1) is 23.7 Å². The van der Waals surface area contributed by atoms with Crippen LogP contribution in [-0.2, 0) is 14.8 Å². The largest absolute Gasteiger partial charge is 0.325 e. The highest BCUT2D eigenvalue weighted by Crippen LogP contribution is 2.38. The van der Waals surface area contributed by atoms with Crippen LogP contribution in [0.15, 0.2) is 23.1 Å². The van der Waals surface area contributed by atoms with Crippen LogP contribution in [0.4, 0.5) is 5.69 Å². The monoisotopic (exact) mass is 363 g/mol. The van der Waals surface area contributed by atoms with Crippen LogP contribution in [0.3, 0.4) is 0 Å². The lowest BCUT2D eigenvalue weighted by atomic mass is 9.87. The van der Waals surface area contributed by atoms with Gasteiger partial charge in [-0.3, -0.25) is 4.79 Å². The first-order chi connectivity index (χ1) is 11.8. The van der Waals surface area contributed by atoms with E-state index in [-0.39, 0.29) is 10.8 Å². The average Bonchev–Trinajstić information content (AvgIpc) is 3.07. The zero-order chi connectivity index (χ0) is 18.7. The molecule has 0 aliphatic heterocycles. The number of carbonyl (C=O) groups excluding carboxylic acids is 1. The van der Waals surface area contributed by atoms with Gasteiger partial charge >= 0.3 is 0 Å². The molecule has 0 heterocycles. The predicted molar refractivity (Wildman–Crippen MR) is 96.4 cm³/mol. The van der Waals surface area contributed by atoms with Crippen LogP contribution < -0.4 is 5.32 Å². The van der Waals surface area contributed by atoms with Gasteiger partial charge < -0.3 is 5.32 Å². The number of anilines is 1. The summed E-state index contributed by atoms with van der Waals surface area (Å²) in [7, 11) is -3.61. The Labute approximate surface area is 149 Å². The van der Waals surface area contributed by atoms with Gasteiger partial charge in [0.05, 0.1) is 11.0 Å². The van der Waals surface area contributed by atoms with Crippen molar-refractivity contribution < 1.29 is 13.2 Å². The molecule has 1 aliphatic rings. The number of rotatable bonds is 6. The molecule has 1 fully saturated rings. The quantitative estimate of drug-likeness (QED) is 0.841. The molecule has 0 aromatic heterocycles. The van der Waals surface area contributed by atoms with E-state index in [1.165, 1.54) is 10.4 Å². The standard InChI is InChI=1S/C18H25N3O3S/c1-4-21(5-2)25(23,24)16-12-15(9-8-14(16)3)20-17(22)18(13-19)10-6-7-11-18/h8-9,12H,4-7,10-11H2,1-3H3,(H,20,22). The van der Waals surface area contributed by atoms with Crippen LogP contribution in [-0.4, -0.2) is 31.7 Å². The summed E-state index contributed by atoms with van der Waals surface area (Å²) in [4.78, 5) is 12.8. The predicted octanol–water partition coefficient (Wildman–Crippen LogP) is 3.05. The van der Waals surface area contributed by atoms with E-state index >= 15 is 0 Å². The summed E-state index contributed by atoms with van der Waals surface area (Å²) >= 11 is 0. The van der Waals surface area contributed by atoms with Gasteiger partial charge in [0.1, 0.15) is 5.41 Å². The van der Waals surface area contributed by atoms with Gasteiger partial charge in [-0.1, -0.05) is 32.8 Å². The molecule has 0 atom stereocenters. The Morgan fingerprint density at radius 1 is 1.28 bits per heavy atom. The molecule has 1 aliphatic carbocycles. The number of nitrogens with one attached hydrogen (secondary N) is 1. The fourth-order valence-corrected chi connectivity index (χ4v) is 4.99. The lowest BCUT2D eigenvalue weighted by Crippen LogP contribution is -2.33. The Bertz CT molecular complexity index is 786. The van der Waals surface area contributed by atoms with E-state index in [2.05, 4.69) is 11.4 Å². The maximum Gasteiger partial charge on any atom is 0.244 e. The maximum atomic E-state index is 12.8. The highest BCUT2D eigenvalue weighted by molar-refractivity contribution is 7.89. The first-order valence-electron chi connectivity index (χ1n) is 8.64. The van der Waals surface area contributed by atoms with E-state index in [9.17, 15) is 18.5 Å². The second-order valence-corrected chi connectivity index (χ2v) is 8.33. The lowest BCUT2D eigenvalue weighted by Gasteiger charge is -2.22. The van der Waals surface area contributed by atoms with Crippen LogP contribution in [0.1, 0.15) is 45.1 Å². The zero-order valence-electron chi connectivity index (χ0n) is 15.0. The van der Waals surface area contributed by atoms with Gasteiger partial charge in [-0.25, -0.2) is 8.42 Å². The Kier molecular flexibility index (Phi) is 5.86. The van der Waals surface area contributed by atoms with Crippen molar-refractivity contribution in [3.63, 3.8) is 0 Å². The molecule has 1 saturated carbocycles.